The molecular formula is C20H25F2N5O7. The molecule has 12 nitrogen and oxygen atoms in total. The fourth-order valence-corrected chi connectivity index (χ4v) is 3.64. The minimum Gasteiger partial charge on any atom is -0.453 e. The van der Waals surface area contributed by atoms with Crippen LogP contribution in [0, 0.1) is 11.6 Å². The number of aliphatic hydroxyl groups excluding tert-OH is 1. The highest BCUT2D eigenvalue weighted by Gasteiger charge is 2.34. The van der Waals surface area contributed by atoms with Crippen LogP contribution in [0.5, 0.6) is 0 Å². The molecule has 0 aromatic heterocycles. The Morgan fingerprint density at radius 2 is 1.79 bits per heavy atom. The number of halogens is 2. The molecule has 186 valence electrons. The van der Waals surface area contributed by atoms with E-state index in [2.05, 4.69) is 15.4 Å². The summed E-state index contributed by atoms with van der Waals surface area (Å²) < 4.78 is 39.3. The molecule has 0 spiro atoms. The number of rotatable bonds is 7. The molecule has 4 amide bonds. The second-order valence-electron chi connectivity index (χ2n) is 7.55. The van der Waals surface area contributed by atoms with E-state index in [-0.39, 0.29) is 63.1 Å². The number of aliphatic hydroxyl groups is 1. The first-order valence-electron chi connectivity index (χ1n) is 10.4. The van der Waals surface area contributed by atoms with Gasteiger partial charge in [-0.1, -0.05) is 0 Å². The SMILES string of the molecule is COC(=O)NC[C@H]1CN(c2cc(F)c(N3CCN(C(=O)CNC(=O)CO)CC3)c(F)c2)C(=O)O1. The van der Waals surface area contributed by atoms with Crippen LogP contribution in [0.4, 0.5) is 29.7 Å². The minimum atomic E-state index is -0.881. The van der Waals surface area contributed by atoms with E-state index in [9.17, 15) is 28.0 Å². The maximum Gasteiger partial charge on any atom is 0.414 e. The first kappa shape index (κ1) is 25.0. The Morgan fingerprint density at radius 1 is 1.15 bits per heavy atom. The quantitative estimate of drug-likeness (QED) is 0.465. The van der Waals surface area contributed by atoms with Crippen molar-refractivity contribution in [3.63, 3.8) is 0 Å². The predicted molar refractivity (Wildman–Crippen MR) is 113 cm³/mol. The fraction of sp³-hybridized carbons (Fsp3) is 0.500. The summed E-state index contributed by atoms with van der Waals surface area (Å²) in [6.07, 6.45) is -2.22. The van der Waals surface area contributed by atoms with Gasteiger partial charge in [0.05, 0.1) is 32.4 Å². The van der Waals surface area contributed by atoms with E-state index in [0.717, 1.165) is 17.0 Å². The van der Waals surface area contributed by atoms with Crippen molar-refractivity contribution in [3.8, 4) is 0 Å². The second-order valence-corrected chi connectivity index (χ2v) is 7.55. The number of ether oxygens (including phenoxy) is 2. The standard InChI is InChI=1S/C20H25F2N5O7/c1-33-19(31)24-8-13-10-27(20(32)34-13)12-6-14(21)18(15(22)7-12)26-4-2-25(3-5-26)17(30)9-23-16(29)11-28/h6-7,13,28H,2-5,8-11H2,1H3,(H,23,29)(H,24,31)/t13-/m0/s1. The van der Waals surface area contributed by atoms with E-state index < -0.39 is 42.4 Å². The summed E-state index contributed by atoms with van der Waals surface area (Å²) in [7, 11) is 1.19. The molecule has 3 rings (SSSR count). The lowest BCUT2D eigenvalue weighted by Gasteiger charge is -2.36. The van der Waals surface area contributed by atoms with Crippen LogP contribution in [0.1, 0.15) is 0 Å². The lowest BCUT2D eigenvalue weighted by molar-refractivity contribution is -0.133. The van der Waals surface area contributed by atoms with E-state index >= 15 is 0 Å². The Labute approximate surface area is 193 Å². The van der Waals surface area contributed by atoms with Gasteiger partial charge in [0.2, 0.25) is 11.8 Å². The zero-order valence-electron chi connectivity index (χ0n) is 18.4. The van der Waals surface area contributed by atoms with Crippen molar-refractivity contribution in [2.24, 2.45) is 0 Å². The van der Waals surface area contributed by atoms with Crippen molar-refractivity contribution < 1.29 is 42.5 Å². The molecule has 0 saturated carbocycles. The number of carbonyl (C=O) groups is 4. The highest BCUT2D eigenvalue weighted by atomic mass is 19.1. The van der Waals surface area contributed by atoms with Crippen LogP contribution in [-0.4, -0.2) is 99.6 Å². The molecule has 1 atom stereocenters. The number of piperazine rings is 1. The summed E-state index contributed by atoms with van der Waals surface area (Å²) in [5, 5.41) is 13.3. The number of carbonyl (C=O) groups excluding carboxylic acids is 4. The number of benzene rings is 1. The van der Waals surface area contributed by atoms with E-state index in [4.69, 9.17) is 9.84 Å². The number of nitrogens with zero attached hydrogens (tertiary/aromatic N) is 3. The number of methoxy groups -OCH3 is 1. The Hall–Kier alpha value is -3.68. The molecule has 0 radical (unpaired) electrons. The summed E-state index contributed by atoms with van der Waals surface area (Å²) in [6.45, 7) is -0.378. The lowest BCUT2D eigenvalue weighted by atomic mass is 10.2. The lowest BCUT2D eigenvalue weighted by Crippen LogP contribution is -2.51. The first-order valence-corrected chi connectivity index (χ1v) is 10.4. The average molecular weight is 485 g/mol. The van der Waals surface area contributed by atoms with E-state index in [0.29, 0.717) is 0 Å². The van der Waals surface area contributed by atoms with Crippen LogP contribution in [-0.2, 0) is 19.1 Å². The molecule has 2 fully saturated rings. The van der Waals surface area contributed by atoms with Gasteiger partial charge in [0.15, 0.2) is 11.6 Å². The normalized spacial score (nSPS) is 17.9. The molecule has 1 aromatic carbocycles. The van der Waals surface area contributed by atoms with Gasteiger partial charge in [0.1, 0.15) is 18.4 Å². The van der Waals surface area contributed by atoms with Crippen molar-refractivity contribution in [2.45, 2.75) is 6.10 Å². The van der Waals surface area contributed by atoms with Crippen molar-refractivity contribution in [2.75, 3.05) is 69.3 Å². The molecule has 2 aliphatic heterocycles. The van der Waals surface area contributed by atoms with Crippen LogP contribution in [0.2, 0.25) is 0 Å². The van der Waals surface area contributed by atoms with Gasteiger partial charge in [-0.15, -0.1) is 0 Å². The third-order valence-corrected chi connectivity index (χ3v) is 5.38. The van der Waals surface area contributed by atoms with E-state index in [1.165, 1.54) is 16.9 Å². The molecule has 14 heteroatoms. The number of cyclic esters (lactones) is 1. The zero-order valence-corrected chi connectivity index (χ0v) is 18.4. The Balaban J connectivity index is 1.61. The number of anilines is 2. The Bertz CT molecular complexity index is 932. The third-order valence-electron chi connectivity index (χ3n) is 5.38. The summed E-state index contributed by atoms with van der Waals surface area (Å²) in [5.74, 6) is -2.81. The van der Waals surface area contributed by atoms with Gasteiger partial charge >= 0.3 is 12.2 Å². The van der Waals surface area contributed by atoms with Gasteiger partial charge in [-0.05, 0) is 0 Å². The van der Waals surface area contributed by atoms with Crippen LogP contribution in [0.3, 0.4) is 0 Å². The number of amides is 4. The maximum absolute atomic E-state index is 14.9. The first-order chi connectivity index (χ1) is 16.2. The number of alkyl carbamates (subject to hydrolysis) is 1. The third kappa shape index (κ3) is 5.81. The predicted octanol–water partition coefficient (Wildman–Crippen LogP) is -0.597. The highest BCUT2D eigenvalue weighted by Crippen LogP contribution is 2.31. The average Bonchev–Trinajstić information content (AvgIpc) is 3.21. The maximum atomic E-state index is 14.9. The highest BCUT2D eigenvalue weighted by molar-refractivity contribution is 5.90. The molecule has 2 heterocycles. The van der Waals surface area contributed by atoms with Gasteiger partial charge in [-0.2, -0.15) is 0 Å². The van der Waals surface area contributed by atoms with E-state index in [1.807, 2.05) is 0 Å². The van der Waals surface area contributed by atoms with E-state index in [1.54, 1.807) is 0 Å². The molecule has 2 aliphatic rings. The Morgan fingerprint density at radius 3 is 2.38 bits per heavy atom. The molecular weight excluding hydrogens is 460 g/mol. The molecule has 3 N–H and O–H groups in total. The monoisotopic (exact) mass is 485 g/mol. The van der Waals surface area contributed by atoms with Crippen LogP contribution in [0.25, 0.3) is 0 Å². The summed E-state index contributed by atoms with van der Waals surface area (Å²) in [5.41, 5.74) is -0.307. The zero-order chi connectivity index (χ0) is 24.8. The topological polar surface area (TPSA) is 141 Å². The van der Waals surface area contributed by atoms with Crippen LogP contribution in [0.15, 0.2) is 12.1 Å². The van der Waals surface area contributed by atoms with Gasteiger partial charge in [0.25, 0.3) is 0 Å². The van der Waals surface area contributed by atoms with Crippen LogP contribution >= 0.6 is 0 Å². The van der Waals surface area contributed by atoms with Gasteiger partial charge in [-0.3, -0.25) is 14.5 Å². The van der Waals surface area contributed by atoms with Gasteiger partial charge in [-0.25, -0.2) is 18.4 Å². The van der Waals surface area contributed by atoms with Crippen LogP contribution < -0.4 is 20.4 Å². The number of nitrogens with one attached hydrogen (secondary N) is 2. The second kappa shape index (κ2) is 11.0. The minimum absolute atomic E-state index is 0.0192. The summed E-state index contributed by atoms with van der Waals surface area (Å²) >= 11 is 0. The number of hydrogen-bond acceptors (Lipinski definition) is 8. The molecule has 0 unspecified atom stereocenters. The molecule has 0 aliphatic carbocycles. The van der Waals surface area contributed by atoms with Gasteiger partial charge < -0.3 is 35.0 Å². The molecule has 34 heavy (non-hydrogen) atoms. The smallest absolute Gasteiger partial charge is 0.414 e. The molecule has 0 bridgehead atoms. The Kier molecular flexibility index (Phi) is 8.04. The van der Waals surface area contributed by atoms with Crippen molar-refractivity contribution >= 4 is 35.4 Å². The van der Waals surface area contributed by atoms with Crippen molar-refractivity contribution in [1.82, 2.24) is 15.5 Å². The fourth-order valence-electron chi connectivity index (χ4n) is 3.64. The molecule has 2 saturated heterocycles. The largest absolute Gasteiger partial charge is 0.453 e. The van der Waals surface area contributed by atoms with Crippen molar-refractivity contribution in [3.05, 3.63) is 23.8 Å². The van der Waals surface area contributed by atoms with Gasteiger partial charge in [0, 0.05) is 38.3 Å². The number of hydrogen-bond donors (Lipinski definition) is 3. The van der Waals surface area contributed by atoms with Crippen molar-refractivity contribution in [1.29, 1.82) is 0 Å². The molecule has 1 aromatic rings. The summed E-state index contributed by atoms with van der Waals surface area (Å²) in [6, 6.07) is 2.05. The summed E-state index contributed by atoms with van der Waals surface area (Å²) in [4.78, 5) is 50.5.